The van der Waals surface area contributed by atoms with Crippen molar-refractivity contribution in [3.05, 3.63) is 33.9 Å². The molecule has 2 nitrogen and oxygen atoms in total. The molecule has 0 aliphatic rings. The fraction of sp³-hybridized carbons (Fsp3) is 0.625. The summed E-state index contributed by atoms with van der Waals surface area (Å²) in [6, 6.07) is 2.28. The molecule has 0 amide bonds. The van der Waals surface area contributed by atoms with Gasteiger partial charge < -0.3 is 10.6 Å². The van der Waals surface area contributed by atoms with Crippen molar-refractivity contribution in [1.29, 1.82) is 0 Å². The summed E-state index contributed by atoms with van der Waals surface area (Å²) in [5.74, 6) is 0. The first-order valence-corrected chi connectivity index (χ1v) is 6.74. The largest absolute Gasteiger partial charge is 0.314 e. The third-order valence-electron chi connectivity index (χ3n) is 4.07. The third kappa shape index (κ3) is 3.56. The molecule has 0 saturated carbocycles. The van der Waals surface area contributed by atoms with Crippen molar-refractivity contribution >= 4 is 0 Å². The van der Waals surface area contributed by atoms with Crippen LogP contribution in [-0.2, 0) is 6.54 Å². The van der Waals surface area contributed by atoms with Crippen LogP contribution in [0.15, 0.2) is 6.07 Å². The summed E-state index contributed by atoms with van der Waals surface area (Å²) in [6.45, 7) is 15.2. The molecule has 2 N–H and O–H groups in total. The summed E-state index contributed by atoms with van der Waals surface area (Å²) >= 11 is 0. The lowest BCUT2D eigenvalue weighted by Crippen LogP contribution is -2.45. The maximum Gasteiger partial charge on any atom is 0.0246 e. The first-order valence-electron chi connectivity index (χ1n) is 6.74. The van der Waals surface area contributed by atoms with E-state index < -0.39 is 0 Å². The molecule has 0 saturated heterocycles. The standard InChI is InChI=1S/C16H28N2/c1-11-8-12(2)14(4)15(13(11)3)9-18-10-16(5,6)17-7/h8,17-18H,9-10H2,1-7H3. The number of hydrogen-bond acceptors (Lipinski definition) is 2. The van der Waals surface area contributed by atoms with Gasteiger partial charge in [0.25, 0.3) is 0 Å². The summed E-state index contributed by atoms with van der Waals surface area (Å²) in [4.78, 5) is 0. The zero-order valence-electron chi connectivity index (χ0n) is 13.0. The van der Waals surface area contributed by atoms with Gasteiger partial charge in [0.05, 0.1) is 0 Å². The minimum atomic E-state index is 0.140. The number of benzene rings is 1. The predicted molar refractivity (Wildman–Crippen MR) is 80.2 cm³/mol. The Morgan fingerprint density at radius 2 is 1.50 bits per heavy atom. The van der Waals surface area contributed by atoms with E-state index in [0.29, 0.717) is 0 Å². The molecule has 1 aromatic carbocycles. The summed E-state index contributed by atoms with van der Waals surface area (Å²) < 4.78 is 0. The highest BCUT2D eigenvalue weighted by atomic mass is 15.0. The number of aryl methyl sites for hydroxylation is 2. The van der Waals surface area contributed by atoms with Gasteiger partial charge in [-0.25, -0.2) is 0 Å². The lowest BCUT2D eigenvalue weighted by atomic mass is 9.94. The third-order valence-corrected chi connectivity index (χ3v) is 4.07. The maximum absolute atomic E-state index is 3.57. The normalized spacial score (nSPS) is 11.9. The topological polar surface area (TPSA) is 24.1 Å². The van der Waals surface area contributed by atoms with Crippen molar-refractivity contribution < 1.29 is 0 Å². The molecule has 18 heavy (non-hydrogen) atoms. The van der Waals surface area contributed by atoms with E-state index in [0.717, 1.165) is 13.1 Å². The maximum atomic E-state index is 3.57. The minimum Gasteiger partial charge on any atom is -0.314 e. The summed E-state index contributed by atoms with van der Waals surface area (Å²) in [5.41, 5.74) is 7.23. The van der Waals surface area contributed by atoms with Gasteiger partial charge in [-0.05, 0) is 76.4 Å². The van der Waals surface area contributed by atoms with E-state index in [9.17, 15) is 0 Å². The van der Waals surface area contributed by atoms with Crippen molar-refractivity contribution in [3.63, 3.8) is 0 Å². The van der Waals surface area contributed by atoms with Crippen LogP contribution in [0.1, 0.15) is 41.7 Å². The van der Waals surface area contributed by atoms with Crippen LogP contribution < -0.4 is 10.6 Å². The van der Waals surface area contributed by atoms with Gasteiger partial charge in [0.15, 0.2) is 0 Å². The predicted octanol–water partition coefficient (Wildman–Crippen LogP) is 3.01. The van der Waals surface area contributed by atoms with Gasteiger partial charge in [0.1, 0.15) is 0 Å². The molecule has 0 unspecified atom stereocenters. The lowest BCUT2D eigenvalue weighted by molar-refractivity contribution is 0.393. The molecule has 0 aliphatic carbocycles. The summed E-state index contributed by atoms with van der Waals surface area (Å²) in [6.07, 6.45) is 0. The first kappa shape index (κ1) is 15.2. The van der Waals surface area contributed by atoms with Gasteiger partial charge in [-0.3, -0.25) is 0 Å². The van der Waals surface area contributed by atoms with Crippen LogP contribution in [0.5, 0.6) is 0 Å². The van der Waals surface area contributed by atoms with Gasteiger partial charge in [-0.2, -0.15) is 0 Å². The van der Waals surface area contributed by atoms with E-state index in [2.05, 4.69) is 58.2 Å². The first-order chi connectivity index (χ1) is 8.28. The van der Waals surface area contributed by atoms with Crippen molar-refractivity contribution in [2.45, 2.75) is 53.6 Å². The zero-order valence-corrected chi connectivity index (χ0v) is 13.0. The Morgan fingerprint density at radius 1 is 1.00 bits per heavy atom. The Bertz CT molecular complexity index is 393. The SMILES string of the molecule is CNC(C)(C)CNCc1c(C)c(C)cc(C)c1C. The van der Waals surface area contributed by atoms with E-state index in [4.69, 9.17) is 0 Å². The molecule has 1 aromatic rings. The molecular weight excluding hydrogens is 220 g/mol. The van der Waals surface area contributed by atoms with Crippen molar-refractivity contribution in [3.8, 4) is 0 Å². The number of nitrogens with one attached hydrogen (secondary N) is 2. The Kier molecular flexibility index (Phi) is 4.94. The Hall–Kier alpha value is -0.860. The Labute approximate surface area is 112 Å². The summed E-state index contributed by atoms with van der Waals surface area (Å²) in [5, 5.41) is 6.88. The molecule has 0 heterocycles. The van der Waals surface area contributed by atoms with Gasteiger partial charge in [-0.15, -0.1) is 0 Å². The quantitative estimate of drug-likeness (QED) is 0.837. The monoisotopic (exact) mass is 248 g/mol. The van der Waals surface area contributed by atoms with Crippen molar-refractivity contribution in [2.24, 2.45) is 0 Å². The molecule has 0 atom stereocenters. The molecule has 0 aliphatic heterocycles. The van der Waals surface area contributed by atoms with E-state index in [1.807, 2.05) is 7.05 Å². The number of hydrogen-bond donors (Lipinski definition) is 2. The van der Waals surface area contributed by atoms with Gasteiger partial charge >= 0.3 is 0 Å². The van der Waals surface area contributed by atoms with E-state index in [-0.39, 0.29) is 5.54 Å². The van der Waals surface area contributed by atoms with Crippen LogP contribution in [0, 0.1) is 27.7 Å². The highest BCUT2D eigenvalue weighted by Crippen LogP contribution is 2.21. The van der Waals surface area contributed by atoms with Gasteiger partial charge in [-0.1, -0.05) is 6.07 Å². The van der Waals surface area contributed by atoms with Crippen LogP contribution in [0.3, 0.4) is 0 Å². The average Bonchev–Trinajstić information content (AvgIpc) is 2.31. The number of rotatable bonds is 5. The molecule has 2 heteroatoms. The molecule has 0 fully saturated rings. The Morgan fingerprint density at radius 3 is 1.94 bits per heavy atom. The average molecular weight is 248 g/mol. The van der Waals surface area contributed by atoms with E-state index >= 15 is 0 Å². The molecule has 102 valence electrons. The van der Waals surface area contributed by atoms with Crippen LogP contribution in [-0.4, -0.2) is 19.1 Å². The molecular formula is C16H28N2. The van der Waals surface area contributed by atoms with Crippen LogP contribution >= 0.6 is 0 Å². The number of likely N-dealkylation sites (N-methyl/N-ethyl adjacent to an activating group) is 1. The highest BCUT2D eigenvalue weighted by Gasteiger charge is 2.14. The molecule has 0 bridgehead atoms. The summed E-state index contributed by atoms with van der Waals surface area (Å²) in [7, 11) is 2.01. The minimum absolute atomic E-state index is 0.140. The molecule has 0 radical (unpaired) electrons. The second kappa shape index (κ2) is 5.85. The smallest absolute Gasteiger partial charge is 0.0246 e. The zero-order chi connectivity index (χ0) is 13.9. The molecule has 1 rings (SSSR count). The van der Waals surface area contributed by atoms with Crippen molar-refractivity contribution in [1.82, 2.24) is 10.6 Å². The van der Waals surface area contributed by atoms with Crippen molar-refractivity contribution in [2.75, 3.05) is 13.6 Å². The Balaban J connectivity index is 2.80. The van der Waals surface area contributed by atoms with Gasteiger partial charge in [0.2, 0.25) is 0 Å². The fourth-order valence-corrected chi connectivity index (χ4v) is 2.15. The molecule has 0 aromatic heterocycles. The van der Waals surface area contributed by atoms with E-state index in [1.54, 1.807) is 0 Å². The molecule has 0 spiro atoms. The van der Waals surface area contributed by atoms with E-state index in [1.165, 1.54) is 27.8 Å². The second-order valence-corrected chi connectivity index (χ2v) is 5.98. The highest BCUT2D eigenvalue weighted by molar-refractivity contribution is 5.43. The second-order valence-electron chi connectivity index (χ2n) is 5.98. The van der Waals surface area contributed by atoms with Crippen LogP contribution in [0.4, 0.5) is 0 Å². The van der Waals surface area contributed by atoms with Crippen LogP contribution in [0.25, 0.3) is 0 Å². The van der Waals surface area contributed by atoms with Crippen LogP contribution in [0.2, 0.25) is 0 Å². The van der Waals surface area contributed by atoms with Gasteiger partial charge in [0, 0.05) is 18.6 Å². The fourth-order valence-electron chi connectivity index (χ4n) is 2.15. The lowest BCUT2D eigenvalue weighted by Gasteiger charge is -2.25.